The normalized spacial score (nSPS) is 10.5. The minimum absolute atomic E-state index is 0.305. The number of thiocarbonyl (C=S) groups is 1. The van der Waals surface area contributed by atoms with Gasteiger partial charge < -0.3 is 19.5 Å². The van der Waals surface area contributed by atoms with Crippen molar-refractivity contribution in [3.8, 4) is 17.2 Å². The fraction of sp³-hybridized carbons (Fsp3) is 0.0870. The molecule has 0 heterocycles. The van der Waals surface area contributed by atoms with Gasteiger partial charge >= 0.3 is 5.97 Å². The maximum absolute atomic E-state index is 12.4. The van der Waals surface area contributed by atoms with E-state index in [0.717, 1.165) is 21.5 Å². The molecule has 0 spiro atoms. The molecule has 0 atom stereocenters. The van der Waals surface area contributed by atoms with E-state index >= 15 is 0 Å². The molecule has 7 nitrogen and oxygen atoms in total. The summed E-state index contributed by atoms with van der Waals surface area (Å²) in [5, 5.41) is 7.47. The quantitative estimate of drug-likeness (QED) is 0.151. The van der Waals surface area contributed by atoms with E-state index in [1.165, 1.54) is 7.11 Å². The Morgan fingerprint density at radius 1 is 1.00 bits per heavy atom. The smallest absolute Gasteiger partial charge is 0.343 e. The van der Waals surface area contributed by atoms with Crippen molar-refractivity contribution in [3.05, 3.63) is 82.3 Å². The average Bonchev–Trinajstić information content (AvgIpc) is 2.80. The molecule has 0 saturated heterocycles. The SMILES string of the molecule is COc1ccc(NC(=S)N/N=C\c2ccc(OC(=O)c3cccc(Br)c3)c(OC)c2)cc1. The Kier molecular flexibility index (Phi) is 8.18. The molecular weight excluding hydrogens is 494 g/mol. The second kappa shape index (κ2) is 11.3. The molecule has 0 aliphatic carbocycles. The molecule has 9 heteroatoms. The van der Waals surface area contributed by atoms with Gasteiger partial charge in [0.25, 0.3) is 0 Å². The van der Waals surface area contributed by atoms with Crippen LogP contribution in [0.15, 0.2) is 76.3 Å². The van der Waals surface area contributed by atoms with Gasteiger partial charge in [-0.05, 0) is 78.4 Å². The number of methoxy groups -OCH3 is 2. The summed E-state index contributed by atoms with van der Waals surface area (Å²) in [5.74, 6) is 0.977. The van der Waals surface area contributed by atoms with E-state index in [1.807, 2.05) is 30.3 Å². The Morgan fingerprint density at radius 3 is 2.47 bits per heavy atom. The lowest BCUT2D eigenvalue weighted by Crippen LogP contribution is -2.23. The molecule has 0 radical (unpaired) electrons. The Bertz CT molecular complexity index is 1140. The van der Waals surface area contributed by atoms with E-state index < -0.39 is 5.97 Å². The summed E-state index contributed by atoms with van der Waals surface area (Å²) in [6.07, 6.45) is 1.57. The van der Waals surface area contributed by atoms with Gasteiger partial charge in [-0.3, -0.25) is 5.43 Å². The van der Waals surface area contributed by atoms with Gasteiger partial charge in [0.15, 0.2) is 16.6 Å². The van der Waals surface area contributed by atoms with Crippen LogP contribution < -0.4 is 25.0 Å². The lowest BCUT2D eigenvalue weighted by Gasteiger charge is -2.10. The third-order valence-corrected chi connectivity index (χ3v) is 4.86. The van der Waals surface area contributed by atoms with Crippen molar-refractivity contribution in [1.29, 1.82) is 0 Å². The zero-order chi connectivity index (χ0) is 22.9. The second-order valence-electron chi connectivity index (χ2n) is 6.36. The average molecular weight is 514 g/mol. The van der Waals surface area contributed by atoms with Crippen LogP contribution in [0.1, 0.15) is 15.9 Å². The predicted octanol–water partition coefficient (Wildman–Crippen LogP) is 5.01. The van der Waals surface area contributed by atoms with Crippen LogP contribution >= 0.6 is 28.1 Å². The maximum atomic E-state index is 12.4. The van der Waals surface area contributed by atoms with E-state index in [1.54, 1.807) is 49.7 Å². The fourth-order valence-electron chi connectivity index (χ4n) is 2.62. The number of carbonyl (C=O) groups is 1. The van der Waals surface area contributed by atoms with Gasteiger partial charge in [0.05, 0.1) is 26.0 Å². The molecule has 3 rings (SSSR count). The first kappa shape index (κ1) is 23.2. The van der Waals surface area contributed by atoms with Gasteiger partial charge in [-0.1, -0.05) is 22.0 Å². The van der Waals surface area contributed by atoms with Crippen molar-refractivity contribution < 1.29 is 19.0 Å². The van der Waals surface area contributed by atoms with E-state index in [0.29, 0.717) is 22.2 Å². The monoisotopic (exact) mass is 513 g/mol. The van der Waals surface area contributed by atoms with Crippen molar-refractivity contribution in [2.24, 2.45) is 5.10 Å². The van der Waals surface area contributed by atoms with Gasteiger partial charge in [0.1, 0.15) is 5.75 Å². The molecule has 0 amide bonds. The van der Waals surface area contributed by atoms with Crippen LogP contribution in [0.4, 0.5) is 5.69 Å². The van der Waals surface area contributed by atoms with Gasteiger partial charge in [-0.2, -0.15) is 5.10 Å². The summed E-state index contributed by atoms with van der Waals surface area (Å²) in [4.78, 5) is 12.4. The third kappa shape index (κ3) is 6.53. The first-order valence-electron chi connectivity index (χ1n) is 9.38. The number of carbonyl (C=O) groups excluding carboxylic acids is 1. The summed E-state index contributed by atoms with van der Waals surface area (Å²) in [6, 6.07) is 19.4. The lowest BCUT2D eigenvalue weighted by molar-refractivity contribution is 0.0729. The molecule has 3 aromatic rings. The summed E-state index contributed by atoms with van der Waals surface area (Å²) < 4.78 is 16.7. The molecular formula is C23H20BrN3O4S. The number of halogens is 1. The van der Waals surface area contributed by atoms with E-state index in [4.69, 9.17) is 26.4 Å². The highest BCUT2D eigenvalue weighted by atomic mass is 79.9. The molecule has 0 saturated carbocycles. The second-order valence-corrected chi connectivity index (χ2v) is 7.69. The number of hydrazone groups is 1. The summed E-state index contributed by atoms with van der Waals surface area (Å²) >= 11 is 8.57. The van der Waals surface area contributed by atoms with Crippen molar-refractivity contribution in [3.63, 3.8) is 0 Å². The van der Waals surface area contributed by atoms with Crippen LogP contribution in [-0.4, -0.2) is 31.5 Å². The predicted molar refractivity (Wildman–Crippen MR) is 132 cm³/mol. The summed E-state index contributed by atoms with van der Waals surface area (Å²) in [7, 11) is 3.11. The molecule has 2 N–H and O–H groups in total. The fourth-order valence-corrected chi connectivity index (χ4v) is 3.19. The number of benzene rings is 3. The third-order valence-electron chi connectivity index (χ3n) is 4.18. The van der Waals surface area contributed by atoms with Crippen LogP contribution in [0.25, 0.3) is 0 Å². The Labute approximate surface area is 199 Å². The van der Waals surface area contributed by atoms with Crippen LogP contribution in [0.3, 0.4) is 0 Å². The molecule has 0 aromatic heterocycles. The van der Waals surface area contributed by atoms with E-state index in [9.17, 15) is 4.79 Å². The lowest BCUT2D eigenvalue weighted by atomic mass is 10.2. The molecule has 0 aliphatic rings. The standard InChI is InChI=1S/C23H20BrN3O4S/c1-29-19-9-7-18(8-10-19)26-23(32)27-25-14-15-6-11-20(21(12-15)30-2)31-22(28)16-4-3-5-17(24)13-16/h3-14H,1-2H3,(H2,26,27,32)/b25-14-. The number of hydrogen-bond donors (Lipinski definition) is 2. The van der Waals surface area contributed by atoms with Crippen LogP contribution in [0, 0.1) is 0 Å². The van der Waals surface area contributed by atoms with E-state index in [2.05, 4.69) is 31.8 Å². The number of hydrogen-bond acceptors (Lipinski definition) is 6. The maximum Gasteiger partial charge on any atom is 0.343 e. The van der Waals surface area contributed by atoms with Crippen LogP contribution in [0.5, 0.6) is 17.2 Å². The van der Waals surface area contributed by atoms with E-state index in [-0.39, 0.29) is 0 Å². The van der Waals surface area contributed by atoms with Crippen LogP contribution in [0.2, 0.25) is 0 Å². The summed E-state index contributed by atoms with van der Waals surface area (Å²) in [5.41, 5.74) is 4.70. The van der Waals surface area contributed by atoms with Gasteiger partial charge in [0, 0.05) is 10.2 Å². The number of rotatable bonds is 7. The van der Waals surface area contributed by atoms with Gasteiger partial charge in [-0.25, -0.2) is 4.79 Å². The molecule has 32 heavy (non-hydrogen) atoms. The van der Waals surface area contributed by atoms with Crippen molar-refractivity contribution >= 4 is 51.1 Å². The van der Waals surface area contributed by atoms with Gasteiger partial charge in [-0.15, -0.1) is 0 Å². The Hall–Kier alpha value is -3.43. The summed E-state index contributed by atoms with van der Waals surface area (Å²) in [6.45, 7) is 0. The van der Waals surface area contributed by atoms with Crippen molar-refractivity contribution in [2.75, 3.05) is 19.5 Å². The number of esters is 1. The zero-order valence-corrected chi connectivity index (χ0v) is 19.7. The number of ether oxygens (including phenoxy) is 3. The minimum Gasteiger partial charge on any atom is -0.497 e. The van der Waals surface area contributed by atoms with Crippen molar-refractivity contribution in [2.45, 2.75) is 0 Å². The highest BCUT2D eigenvalue weighted by molar-refractivity contribution is 9.10. The Balaban J connectivity index is 1.60. The highest BCUT2D eigenvalue weighted by Crippen LogP contribution is 2.28. The van der Waals surface area contributed by atoms with Crippen LogP contribution in [-0.2, 0) is 0 Å². The minimum atomic E-state index is -0.484. The van der Waals surface area contributed by atoms with Gasteiger partial charge in [0.2, 0.25) is 0 Å². The molecule has 3 aromatic carbocycles. The number of nitrogens with zero attached hydrogens (tertiary/aromatic N) is 1. The molecule has 0 unspecified atom stereocenters. The Morgan fingerprint density at radius 2 is 1.78 bits per heavy atom. The highest BCUT2D eigenvalue weighted by Gasteiger charge is 2.13. The molecule has 0 fully saturated rings. The van der Waals surface area contributed by atoms with Crippen molar-refractivity contribution in [1.82, 2.24) is 5.43 Å². The zero-order valence-electron chi connectivity index (χ0n) is 17.3. The largest absolute Gasteiger partial charge is 0.497 e. The molecule has 0 bridgehead atoms. The number of anilines is 1. The molecule has 0 aliphatic heterocycles. The first-order chi connectivity index (χ1) is 15.5. The molecule has 164 valence electrons. The topological polar surface area (TPSA) is 81.2 Å². The number of nitrogens with one attached hydrogen (secondary N) is 2. The first-order valence-corrected chi connectivity index (χ1v) is 10.6.